The van der Waals surface area contributed by atoms with Gasteiger partial charge in [0, 0.05) is 18.6 Å². The van der Waals surface area contributed by atoms with Gasteiger partial charge in [-0.15, -0.1) is 26.3 Å². The SMILES string of the molecule is CS(=O)(=O)c1nc2cccnc2n1Cc1ccc(OC(F)(F)F)cc1.CSc1nc2cccnc2n1Cc1ccc(OC(F)(F)F)cc1. The Labute approximate surface area is 273 Å². The number of hydrogen-bond acceptors (Lipinski definition) is 9. The predicted octanol–water partition coefficient (Wildman–Crippen LogP) is 6.88. The topological polar surface area (TPSA) is 114 Å². The second-order valence-electron chi connectivity index (χ2n) is 10.0. The Morgan fingerprint density at radius 1 is 0.688 bits per heavy atom. The van der Waals surface area contributed by atoms with Gasteiger partial charge in [-0.1, -0.05) is 36.0 Å². The Balaban J connectivity index is 0.000000188. The molecule has 2 aromatic carbocycles. The van der Waals surface area contributed by atoms with Crippen molar-refractivity contribution in [3.63, 3.8) is 0 Å². The summed E-state index contributed by atoms with van der Waals surface area (Å²) in [6, 6.07) is 17.9. The lowest BCUT2D eigenvalue weighted by molar-refractivity contribution is -0.275. The molecule has 0 bridgehead atoms. The number of hydrogen-bond donors (Lipinski definition) is 0. The normalized spacial score (nSPS) is 12.2. The molecule has 0 aliphatic heterocycles. The van der Waals surface area contributed by atoms with E-state index in [0.29, 0.717) is 23.3 Å². The number of imidazole rings is 2. The number of aromatic nitrogens is 6. The molecule has 0 N–H and O–H groups in total. The van der Waals surface area contributed by atoms with Crippen LogP contribution in [-0.2, 0) is 22.9 Å². The largest absolute Gasteiger partial charge is 0.573 e. The van der Waals surface area contributed by atoms with Gasteiger partial charge >= 0.3 is 12.7 Å². The van der Waals surface area contributed by atoms with Gasteiger partial charge in [-0.05, 0) is 65.9 Å². The van der Waals surface area contributed by atoms with E-state index in [1.807, 2.05) is 23.0 Å². The molecule has 6 rings (SSSR count). The fraction of sp³-hybridized carbons (Fsp3) is 0.200. The Bertz CT molecular complexity index is 2130. The zero-order valence-electron chi connectivity index (χ0n) is 24.9. The summed E-state index contributed by atoms with van der Waals surface area (Å²) in [5.41, 5.74) is 3.73. The van der Waals surface area contributed by atoms with Crippen LogP contribution >= 0.6 is 11.8 Å². The van der Waals surface area contributed by atoms with Crippen LogP contribution in [0.25, 0.3) is 22.3 Å². The molecule has 252 valence electrons. The van der Waals surface area contributed by atoms with Gasteiger partial charge in [0.15, 0.2) is 16.5 Å². The van der Waals surface area contributed by atoms with Crippen LogP contribution in [0.15, 0.2) is 95.5 Å². The van der Waals surface area contributed by atoms with Gasteiger partial charge in [-0.2, -0.15) is 0 Å². The summed E-state index contributed by atoms with van der Waals surface area (Å²) < 4.78 is 108. The quantitative estimate of drug-likeness (QED) is 0.123. The highest BCUT2D eigenvalue weighted by Gasteiger charge is 2.31. The second kappa shape index (κ2) is 13.7. The molecule has 48 heavy (non-hydrogen) atoms. The minimum atomic E-state index is -4.77. The number of pyridine rings is 2. The Kier molecular flexibility index (Phi) is 9.86. The molecular weight excluding hydrogens is 686 g/mol. The molecule has 0 radical (unpaired) electrons. The monoisotopic (exact) mass is 710 g/mol. The van der Waals surface area contributed by atoms with Crippen LogP contribution in [0.3, 0.4) is 0 Å². The van der Waals surface area contributed by atoms with Crippen LogP contribution in [0.1, 0.15) is 11.1 Å². The number of thioether (sulfide) groups is 1. The van der Waals surface area contributed by atoms with Gasteiger partial charge < -0.3 is 9.47 Å². The fourth-order valence-corrected chi connectivity index (χ4v) is 5.93. The number of benzene rings is 2. The van der Waals surface area contributed by atoms with E-state index in [-0.39, 0.29) is 23.2 Å². The van der Waals surface area contributed by atoms with Gasteiger partial charge in [-0.25, -0.2) is 28.4 Å². The van der Waals surface area contributed by atoms with Crippen LogP contribution in [0, 0.1) is 0 Å². The van der Waals surface area contributed by atoms with Gasteiger partial charge in [-0.3, -0.25) is 9.13 Å². The second-order valence-corrected chi connectivity index (χ2v) is 12.7. The fourth-order valence-electron chi connectivity index (χ4n) is 4.56. The number of sulfone groups is 1. The van der Waals surface area contributed by atoms with Crippen molar-refractivity contribution >= 4 is 43.9 Å². The van der Waals surface area contributed by atoms with Crippen molar-refractivity contribution in [1.29, 1.82) is 0 Å². The summed E-state index contributed by atoms with van der Waals surface area (Å²) in [6.45, 7) is 0.554. The zero-order valence-corrected chi connectivity index (χ0v) is 26.5. The van der Waals surface area contributed by atoms with Crippen molar-refractivity contribution in [1.82, 2.24) is 29.1 Å². The van der Waals surface area contributed by atoms with E-state index in [4.69, 9.17) is 0 Å². The van der Waals surface area contributed by atoms with Gasteiger partial charge in [0.05, 0.1) is 13.1 Å². The van der Waals surface area contributed by atoms with Gasteiger partial charge in [0.1, 0.15) is 22.5 Å². The van der Waals surface area contributed by atoms with Crippen LogP contribution < -0.4 is 9.47 Å². The lowest BCUT2D eigenvalue weighted by Crippen LogP contribution is -2.17. The molecule has 4 aromatic heterocycles. The molecule has 0 saturated heterocycles. The van der Waals surface area contributed by atoms with Crippen LogP contribution in [0.5, 0.6) is 11.5 Å². The van der Waals surface area contributed by atoms with E-state index in [1.54, 1.807) is 30.5 Å². The maximum atomic E-state index is 12.2. The van der Waals surface area contributed by atoms with E-state index in [1.165, 1.54) is 46.8 Å². The Hall–Kier alpha value is -4.84. The molecule has 6 aromatic rings. The van der Waals surface area contributed by atoms with E-state index in [0.717, 1.165) is 40.3 Å². The predicted molar refractivity (Wildman–Crippen MR) is 164 cm³/mol. The molecule has 0 unspecified atom stereocenters. The summed E-state index contributed by atoms with van der Waals surface area (Å²) in [7, 11) is -3.61. The molecule has 18 heteroatoms. The molecule has 0 aliphatic carbocycles. The highest BCUT2D eigenvalue weighted by molar-refractivity contribution is 7.98. The van der Waals surface area contributed by atoms with Crippen molar-refractivity contribution in [2.75, 3.05) is 12.5 Å². The minimum Gasteiger partial charge on any atom is -0.406 e. The highest BCUT2D eigenvalue weighted by atomic mass is 32.2. The summed E-state index contributed by atoms with van der Waals surface area (Å²) >= 11 is 1.49. The molecule has 0 spiro atoms. The number of halogens is 6. The summed E-state index contributed by atoms with van der Waals surface area (Å²) in [5.74, 6) is -0.590. The third kappa shape index (κ3) is 8.74. The smallest absolute Gasteiger partial charge is 0.406 e. The summed E-state index contributed by atoms with van der Waals surface area (Å²) in [4.78, 5) is 17.0. The van der Waals surface area contributed by atoms with E-state index in [2.05, 4.69) is 29.4 Å². The summed E-state index contributed by atoms with van der Waals surface area (Å²) in [5, 5.41) is 0.645. The number of ether oxygens (including phenoxy) is 2. The van der Waals surface area contributed by atoms with Gasteiger partial charge in [0.2, 0.25) is 15.0 Å². The van der Waals surface area contributed by atoms with E-state index in [9.17, 15) is 34.8 Å². The third-order valence-electron chi connectivity index (χ3n) is 6.45. The Morgan fingerprint density at radius 3 is 1.56 bits per heavy atom. The number of alkyl halides is 6. The van der Waals surface area contributed by atoms with E-state index < -0.39 is 22.6 Å². The molecule has 0 saturated carbocycles. The van der Waals surface area contributed by atoms with Crippen LogP contribution in [0.2, 0.25) is 0 Å². The van der Waals surface area contributed by atoms with Crippen LogP contribution in [0.4, 0.5) is 26.3 Å². The van der Waals surface area contributed by atoms with Crippen LogP contribution in [-0.4, -0.2) is 62.7 Å². The molecular formula is C30H24F6N6O4S2. The molecule has 0 atom stereocenters. The average molecular weight is 711 g/mol. The number of nitrogens with zero attached hydrogens (tertiary/aromatic N) is 6. The maximum Gasteiger partial charge on any atom is 0.573 e. The first-order valence-electron chi connectivity index (χ1n) is 13.7. The van der Waals surface area contributed by atoms with Crippen molar-refractivity contribution < 1.29 is 44.2 Å². The highest BCUT2D eigenvalue weighted by Crippen LogP contribution is 2.26. The molecule has 10 nitrogen and oxygen atoms in total. The Morgan fingerprint density at radius 2 is 1.12 bits per heavy atom. The standard InChI is InChI=1S/C15H12F3N3O3S.C15H12F3N3OS/c1-25(22,23)14-20-12-3-2-8-19-13(12)21(14)9-10-4-6-11(7-5-10)24-15(16,17)18;1-23-14-20-12-3-2-8-19-13(12)21(14)9-10-4-6-11(7-5-10)22-15(16,17)18/h2-8H,9H2,1H3;2-8H,9H2,1H3. The number of rotatable bonds is 8. The summed E-state index contributed by atoms with van der Waals surface area (Å²) in [6.07, 6.45) is -3.31. The third-order valence-corrected chi connectivity index (χ3v) is 8.10. The maximum absolute atomic E-state index is 12.2. The number of fused-ring (bicyclic) bond motifs is 2. The first-order chi connectivity index (χ1) is 22.6. The van der Waals surface area contributed by atoms with Crippen molar-refractivity contribution in [3.8, 4) is 11.5 Å². The van der Waals surface area contributed by atoms with Crippen molar-refractivity contribution in [2.45, 2.75) is 36.1 Å². The average Bonchev–Trinajstić information content (AvgIpc) is 3.56. The van der Waals surface area contributed by atoms with Gasteiger partial charge in [0.25, 0.3) is 0 Å². The molecule has 4 heterocycles. The zero-order chi connectivity index (χ0) is 34.7. The molecule has 0 fully saturated rings. The molecule has 0 amide bonds. The van der Waals surface area contributed by atoms with E-state index >= 15 is 0 Å². The molecule has 0 aliphatic rings. The van der Waals surface area contributed by atoms with Crippen molar-refractivity contribution in [3.05, 3.63) is 96.3 Å². The lowest BCUT2D eigenvalue weighted by Gasteiger charge is -2.10. The first kappa shape index (κ1) is 34.5. The van der Waals surface area contributed by atoms with Crippen molar-refractivity contribution in [2.24, 2.45) is 0 Å². The first-order valence-corrected chi connectivity index (χ1v) is 16.8. The minimum absolute atomic E-state index is 0.0855. The lowest BCUT2D eigenvalue weighted by atomic mass is 10.2.